The van der Waals surface area contributed by atoms with Crippen molar-refractivity contribution in [2.24, 2.45) is 5.92 Å². The molecular weight excluding hydrogens is 470 g/mol. The molecule has 2 aliphatic carbocycles. The van der Waals surface area contributed by atoms with E-state index >= 15 is 0 Å². The predicted octanol–water partition coefficient (Wildman–Crippen LogP) is 3.57. The third-order valence-corrected chi connectivity index (χ3v) is 7.74. The lowest BCUT2D eigenvalue weighted by Crippen LogP contribution is -2.47. The minimum absolute atomic E-state index is 0.0357. The van der Waals surface area contributed by atoms with Crippen LogP contribution >= 0.6 is 0 Å². The van der Waals surface area contributed by atoms with Gasteiger partial charge in [0.2, 0.25) is 11.5 Å². The monoisotopic (exact) mass is 505 g/mol. The number of hydrogen-bond acceptors (Lipinski definition) is 6. The number of benzene rings is 2. The number of imide groups is 1. The van der Waals surface area contributed by atoms with Gasteiger partial charge in [0.05, 0.1) is 0 Å². The summed E-state index contributed by atoms with van der Waals surface area (Å²) >= 11 is 0. The third kappa shape index (κ3) is 5.07. The van der Waals surface area contributed by atoms with E-state index in [1.165, 1.54) is 0 Å². The Morgan fingerprint density at radius 3 is 2.62 bits per heavy atom. The molecule has 3 aliphatic rings. The highest BCUT2D eigenvalue weighted by molar-refractivity contribution is 6.06. The minimum atomic E-state index is -1.36. The third-order valence-electron chi connectivity index (χ3n) is 7.74. The highest BCUT2D eigenvalue weighted by Crippen LogP contribution is 2.46. The molecule has 1 saturated carbocycles. The molecule has 3 amide bonds. The standard InChI is InChI=1S/C29H35N3O5/c1-20(22-9-10-22)31(18-21-7-5-4-6-8-21)26(33)19-32-27(34)29(37-28(32)35)14-13-23-17-24(11-12-25(23)29)36-16-15-30(2)3/h4-8,11-12,17,20,22H,9-10,13-16,18-19H2,1-3H3/t20-,29?/m0/s1. The van der Waals surface area contributed by atoms with Crippen molar-refractivity contribution in [1.29, 1.82) is 0 Å². The first-order valence-corrected chi connectivity index (χ1v) is 13.1. The Morgan fingerprint density at radius 1 is 1.16 bits per heavy atom. The topological polar surface area (TPSA) is 79.4 Å². The summed E-state index contributed by atoms with van der Waals surface area (Å²) in [6.07, 6.45) is 2.39. The van der Waals surface area contributed by atoms with E-state index < -0.39 is 17.6 Å². The fraction of sp³-hybridized carbons (Fsp3) is 0.483. The van der Waals surface area contributed by atoms with Gasteiger partial charge < -0.3 is 19.3 Å². The number of fused-ring (bicyclic) bond motifs is 2. The molecule has 2 fully saturated rings. The van der Waals surface area contributed by atoms with Gasteiger partial charge in [0.25, 0.3) is 5.91 Å². The zero-order chi connectivity index (χ0) is 26.2. The van der Waals surface area contributed by atoms with Crippen LogP contribution in [0.2, 0.25) is 0 Å². The Labute approximate surface area is 218 Å². The molecule has 1 heterocycles. The zero-order valence-corrected chi connectivity index (χ0v) is 21.8. The van der Waals surface area contributed by atoms with Crippen LogP contribution in [0.4, 0.5) is 4.79 Å². The SMILES string of the molecule is C[C@@H](C1CC1)N(Cc1ccccc1)C(=O)CN1C(=O)OC2(CCc3cc(OCCN(C)C)ccc32)C1=O. The van der Waals surface area contributed by atoms with Crippen LogP contribution < -0.4 is 4.74 Å². The molecule has 2 atom stereocenters. The number of carbonyl (C=O) groups excluding carboxylic acids is 3. The highest BCUT2D eigenvalue weighted by atomic mass is 16.6. The second kappa shape index (κ2) is 10.2. The van der Waals surface area contributed by atoms with E-state index in [9.17, 15) is 14.4 Å². The summed E-state index contributed by atoms with van der Waals surface area (Å²) in [6, 6.07) is 15.4. The number of carbonyl (C=O) groups is 3. The molecule has 1 saturated heterocycles. The molecule has 8 heteroatoms. The van der Waals surface area contributed by atoms with Crippen LogP contribution in [0.5, 0.6) is 5.75 Å². The molecule has 2 aromatic carbocycles. The van der Waals surface area contributed by atoms with E-state index in [2.05, 4.69) is 6.92 Å². The van der Waals surface area contributed by atoms with Gasteiger partial charge in [0, 0.05) is 31.1 Å². The number of nitrogens with zero attached hydrogens (tertiary/aromatic N) is 3. The van der Waals surface area contributed by atoms with Crippen molar-refractivity contribution in [1.82, 2.24) is 14.7 Å². The fourth-order valence-corrected chi connectivity index (χ4v) is 5.36. The van der Waals surface area contributed by atoms with Crippen LogP contribution in [0.1, 0.15) is 42.9 Å². The van der Waals surface area contributed by atoms with Gasteiger partial charge in [0.15, 0.2) is 0 Å². The van der Waals surface area contributed by atoms with Crippen molar-refractivity contribution < 1.29 is 23.9 Å². The van der Waals surface area contributed by atoms with Crippen molar-refractivity contribution in [2.75, 3.05) is 33.8 Å². The van der Waals surface area contributed by atoms with Crippen molar-refractivity contribution in [3.8, 4) is 5.75 Å². The second-order valence-electron chi connectivity index (χ2n) is 10.6. The predicted molar refractivity (Wildman–Crippen MR) is 138 cm³/mol. The maximum Gasteiger partial charge on any atom is 0.418 e. The van der Waals surface area contributed by atoms with E-state index in [0.29, 0.717) is 37.5 Å². The Balaban J connectivity index is 1.31. The number of ether oxygens (including phenoxy) is 2. The quantitative estimate of drug-likeness (QED) is 0.491. The minimum Gasteiger partial charge on any atom is -0.492 e. The summed E-state index contributed by atoms with van der Waals surface area (Å²) in [5, 5.41) is 0. The number of amides is 3. The van der Waals surface area contributed by atoms with Gasteiger partial charge in [-0.05, 0) is 69.5 Å². The molecule has 1 aliphatic heterocycles. The lowest BCUT2D eigenvalue weighted by atomic mass is 9.95. The molecule has 2 aromatic rings. The first-order chi connectivity index (χ1) is 17.8. The largest absolute Gasteiger partial charge is 0.492 e. The van der Waals surface area contributed by atoms with Crippen LogP contribution in [0.25, 0.3) is 0 Å². The van der Waals surface area contributed by atoms with Gasteiger partial charge in [-0.3, -0.25) is 9.59 Å². The summed E-state index contributed by atoms with van der Waals surface area (Å²) in [5.41, 5.74) is 1.28. The molecule has 0 radical (unpaired) electrons. The van der Waals surface area contributed by atoms with Crippen LogP contribution in [-0.4, -0.2) is 72.4 Å². The van der Waals surface area contributed by atoms with E-state index in [1.807, 2.05) is 67.5 Å². The zero-order valence-electron chi connectivity index (χ0n) is 21.8. The summed E-state index contributed by atoms with van der Waals surface area (Å²) in [7, 11) is 3.97. The van der Waals surface area contributed by atoms with E-state index in [1.54, 1.807) is 4.90 Å². The Kier molecular flexibility index (Phi) is 6.94. The summed E-state index contributed by atoms with van der Waals surface area (Å²) in [5.74, 6) is 0.487. The molecule has 1 spiro atoms. The summed E-state index contributed by atoms with van der Waals surface area (Å²) in [6.45, 7) is 3.53. The fourth-order valence-electron chi connectivity index (χ4n) is 5.36. The maximum atomic E-state index is 13.6. The van der Waals surface area contributed by atoms with Crippen LogP contribution in [-0.2, 0) is 32.9 Å². The van der Waals surface area contributed by atoms with Gasteiger partial charge >= 0.3 is 6.09 Å². The van der Waals surface area contributed by atoms with Crippen molar-refractivity contribution >= 4 is 17.9 Å². The molecule has 0 bridgehead atoms. The van der Waals surface area contributed by atoms with Crippen LogP contribution in [0.3, 0.4) is 0 Å². The van der Waals surface area contributed by atoms with E-state index in [0.717, 1.165) is 41.2 Å². The second-order valence-corrected chi connectivity index (χ2v) is 10.6. The number of likely N-dealkylation sites (N-methyl/N-ethyl adjacent to an activating group) is 1. The Bertz CT molecular complexity index is 1180. The Hall–Kier alpha value is -3.39. The molecule has 8 nitrogen and oxygen atoms in total. The molecule has 0 aromatic heterocycles. The molecule has 196 valence electrons. The smallest absolute Gasteiger partial charge is 0.418 e. The normalized spacial score (nSPS) is 21.4. The summed E-state index contributed by atoms with van der Waals surface area (Å²) in [4.78, 5) is 44.9. The van der Waals surface area contributed by atoms with Crippen LogP contribution in [0.15, 0.2) is 48.5 Å². The summed E-state index contributed by atoms with van der Waals surface area (Å²) < 4.78 is 11.6. The number of hydrogen-bond donors (Lipinski definition) is 0. The molecule has 1 unspecified atom stereocenters. The van der Waals surface area contributed by atoms with Gasteiger partial charge in [-0.1, -0.05) is 36.4 Å². The first-order valence-electron chi connectivity index (χ1n) is 13.1. The Morgan fingerprint density at radius 2 is 1.92 bits per heavy atom. The average molecular weight is 506 g/mol. The highest BCUT2D eigenvalue weighted by Gasteiger charge is 2.58. The van der Waals surface area contributed by atoms with E-state index in [-0.39, 0.29) is 18.5 Å². The van der Waals surface area contributed by atoms with Crippen molar-refractivity contribution in [3.63, 3.8) is 0 Å². The molecule has 5 rings (SSSR count). The first kappa shape index (κ1) is 25.3. The molecule has 0 N–H and O–H groups in total. The van der Waals surface area contributed by atoms with Gasteiger partial charge in [-0.25, -0.2) is 9.69 Å². The van der Waals surface area contributed by atoms with Crippen LogP contribution in [0, 0.1) is 5.92 Å². The van der Waals surface area contributed by atoms with E-state index in [4.69, 9.17) is 9.47 Å². The number of aryl methyl sites for hydroxylation is 1. The van der Waals surface area contributed by atoms with Gasteiger partial charge in [0.1, 0.15) is 18.9 Å². The van der Waals surface area contributed by atoms with Crippen molar-refractivity contribution in [3.05, 3.63) is 65.2 Å². The molecular formula is C29H35N3O5. The lowest BCUT2D eigenvalue weighted by molar-refractivity contribution is -0.143. The average Bonchev–Trinajstić information content (AvgIpc) is 3.63. The van der Waals surface area contributed by atoms with Gasteiger partial charge in [-0.2, -0.15) is 0 Å². The lowest BCUT2D eigenvalue weighted by Gasteiger charge is -2.30. The number of rotatable bonds is 10. The molecule has 37 heavy (non-hydrogen) atoms. The van der Waals surface area contributed by atoms with Gasteiger partial charge in [-0.15, -0.1) is 0 Å². The maximum absolute atomic E-state index is 13.6. The van der Waals surface area contributed by atoms with Crippen molar-refractivity contribution in [2.45, 2.75) is 50.8 Å².